The van der Waals surface area contributed by atoms with E-state index in [2.05, 4.69) is 10.5 Å². The van der Waals surface area contributed by atoms with Crippen LogP contribution in [-0.4, -0.2) is 29.7 Å². The number of nitrogens with zero attached hydrogens (tertiary/aromatic N) is 1. The Bertz CT molecular complexity index is 372. The number of amides is 1. The van der Waals surface area contributed by atoms with Crippen LogP contribution < -0.4 is 11.1 Å². The maximum absolute atomic E-state index is 12.7. The Morgan fingerprint density at radius 1 is 1.33 bits per heavy atom. The highest BCUT2D eigenvalue weighted by atomic mass is 19.4. The first-order chi connectivity index (χ1) is 9.84. The van der Waals surface area contributed by atoms with Crippen molar-refractivity contribution < 1.29 is 23.2 Å². The number of halogens is 3. The normalized spacial score (nSPS) is 23.9. The van der Waals surface area contributed by atoms with Crippen LogP contribution in [0.15, 0.2) is 5.16 Å². The molecule has 0 aliphatic heterocycles. The molecule has 0 bridgehead atoms. The highest BCUT2D eigenvalue weighted by Gasteiger charge is 2.43. The van der Waals surface area contributed by atoms with Crippen molar-refractivity contribution in [3.8, 4) is 0 Å². The molecular weight excluding hydrogens is 287 g/mol. The van der Waals surface area contributed by atoms with Crippen LogP contribution in [0.3, 0.4) is 0 Å². The number of hydrogen-bond acceptors (Lipinski definition) is 3. The Kier molecular flexibility index (Phi) is 6.77. The summed E-state index contributed by atoms with van der Waals surface area (Å²) >= 11 is 0. The Morgan fingerprint density at radius 2 is 2.05 bits per heavy atom. The molecule has 0 aromatic rings. The summed E-state index contributed by atoms with van der Waals surface area (Å²) in [7, 11) is 0. The van der Waals surface area contributed by atoms with Crippen molar-refractivity contribution in [3.63, 3.8) is 0 Å². The van der Waals surface area contributed by atoms with Crippen molar-refractivity contribution in [2.45, 2.75) is 51.1 Å². The molecule has 0 aromatic carbocycles. The minimum atomic E-state index is -4.21. The fourth-order valence-electron chi connectivity index (χ4n) is 2.56. The van der Waals surface area contributed by atoms with Crippen LogP contribution in [0.1, 0.15) is 44.9 Å². The largest absolute Gasteiger partial charge is 0.409 e. The van der Waals surface area contributed by atoms with Gasteiger partial charge in [-0.3, -0.25) is 4.79 Å². The summed E-state index contributed by atoms with van der Waals surface area (Å²) in [6.45, 7) is 0.394. The molecule has 0 heterocycles. The first-order valence-corrected chi connectivity index (χ1v) is 7.15. The van der Waals surface area contributed by atoms with Crippen molar-refractivity contribution in [2.24, 2.45) is 22.7 Å². The van der Waals surface area contributed by atoms with Crippen LogP contribution in [0.5, 0.6) is 0 Å². The van der Waals surface area contributed by atoms with Gasteiger partial charge in [-0.25, -0.2) is 0 Å². The SMILES string of the molecule is NC(CCCCNC(=O)C1CCCC(C(F)(F)F)C1)=NO. The Hall–Kier alpha value is -1.47. The fourth-order valence-corrected chi connectivity index (χ4v) is 2.56. The Balaban J connectivity index is 2.26. The lowest BCUT2D eigenvalue weighted by Crippen LogP contribution is -2.37. The molecule has 0 saturated heterocycles. The van der Waals surface area contributed by atoms with Crippen LogP contribution in [0.4, 0.5) is 13.2 Å². The number of alkyl halides is 3. The number of rotatable bonds is 6. The second-order valence-corrected chi connectivity index (χ2v) is 5.44. The molecule has 1 rings (SSSR count). The predicted octanol–water partition coefficient (Wildman–Crippen LogP) is 2.39. The number of nitrogens with two attached hydrogens (primary N) is 1. The first-order valence-electron chi connectivity index (χ1n) is 7.15. The summed E-state index contributed by atoms with van der Waals surface area (Å²) in [5.41, 5.74) is 5.29. The van der Waals surface area contributed by atoms with Crippen molar-refractivity contribution in [2.75, 3.05) is 6.54 Å². The highest BCUT2D eigenvalue weighted by Crippen LogP contribution is 2.39. The molecular formula is C13H22F3N3O2. The lowest BCUT2D eigenvalue weighted by Gasteiger charge is -2.29. The van der Waals surface area contributed by atoms with Gasteiger partial charge in [0, 0.05) is 18.9 Å². The van der Waals surface area contributed by atoms with E-state index in [9.17, 15) is 18.0 Å². The van der Waals surface area contributed by atoms with E-state index in [-0.39, 0.29) is 24.6 Å². The zero-order chi connectivity index (χ0) is 15.9. The molecule has 0 spiro atoms. The lowest BCUT2D eigenvalue weighted by atomic mass is 9.80. The standard InChI is InChI=1S/C13H22F3N3O2/c14-13(15,16)10-5-3-4-9(8-10)12(20)18-7-2-1-6-11(17)19-21/h9-10,21H,1-8H2,(H2,17,19)(H,18,20). The number of hydrogen-bond donors (Lipinski definition) is 3. The Labute approximate surface area is 121 Å². The van der Waals surface area contributed by atoms with Gasteiger partial charge in [0.15, 0.2) is 0 Å². The van der Waals surface area contributed by atoms with E-state index in [4.69, 9.17) is 10.9 Å². The number of oxime groups is 1. The van der Waals surface area contributed by atoms with Crippen molar-refractivity contribution in [3.05, 3.63) is 0 Å². The molecule has 122 valence electrons. The van der Waals surface area contributed by atoms with Gasteiger partial charge in [0.1, 0.15) is 5.84 Å². The molecule has 0 radical (unpaired) electrons. The van der Waals surface area contributed by atoms with E-state index in [0.717, 1.165) is 0 Å². The monoisotopic (exact) mass is 309 g/mol. The summed E-state index contributed by atoms with van der Waals surface area (Å²) in [5.74, 6) is -2.08. The minimum Gasteiger partial charge on any atom is -0.409 e. The molecule has 5 nitrogen and oxygen atoms in total. The van der Waals surface area contributed by atoms with Crippen LogP contribution in [0.25, 0.3) is 0 Å². The molecule has 2 unspecified atom stereocenters. The summed E-state index contributed by atoms with van der Waals surface area (Å²) in [4.78, 5) is 11.9. The van der Waals surface area contributed by atoms with Gasteiger partial charge in [0.05, 0.1) is 5.92 Å². The first kappa shape index (κ1) is 17.6. The molecule has 1 saturated carbocycles. The van der Waals surface area contributed by atoms with Gasteiger partial charge in [-0.15, -0.1) is 0 Å². The van der Waals surface area contributed by atoms with Crippen LogP contribution in [0.2, 0.25) is 0 Å². The second kappa shape index (κ2) is 8.09. The number of unbranched alkanes of at least 4 members (excludes halogenated alkanes) is 1. The highest BCUT2D eigenvalue weighted by molar-refractivity contribution is 5.79. The van der Waals surface area contributed by atoms with Gasteiger partial charge in [0.25, 0.3) is 0 Å². The third-order valence-corrected chi connectivity index (χ3v) is 3.80. The van der Waals surface area contributed by atoms with E-state index in [1.807, 2.05) is 0 Å². The van der Waals surface area contributed by atoms with Crippen molar-refractivity contribution in [1.29, 1.82) is 0 Å². The molecule has 21 heavy (non-hydrogen) atoms. The number of amidine groups is 1. The molecule has 4 N–H and O–H groups in total. The van der Waals surface area contributed by atoms with Crippen molar-refractivity contribution in [1.82, 2.24) is 5.32 Å². The van der Waals surface area contributed by atoms with Crippen LogP contribution >= 0.6 is 0 Å². The number of carbonyl (C=O) groups is 1. The van der Waals surface area contributed by atoms with E-state index >= 15 is 0 Å². The van der Waals surface area contributed by atoms with Gasteiger partial charge < -0.3 is 16.3 Å². The fraction of sp³-hybridized carbons (Fsp3) is 0.846. The summed E-state index contributed by atoms with van der Waals surface area (Å²) in [6, 6.07) is 0. The molecule has 1 fully saturated rings. The zero-order valence-corrected chi connectivity index (χ0v) is 11.8. The maximum Gasteiger partial charge on any atom is 0.391 e. The lowest BCUT2D eigenvalue weighted by molar-refractivity contribution is -0.186. The topological polar surface area (TPSA) is 87.7 Å². The van der Waals surface area contributed by atoms with E-state index in [0.29, 0.717) is 38.6 Å². The maximum atomic E-state index is 12.7. The van der Waals surface area contributed by atoms with Gasteiger partial charge in [-0.1, -0.05) is 11.6 Å². The van der Waals surface area contributed by atoms with Gasteiger partial charge >= 0.3 is 6.18 Å². The van der Waals surface area contributed by atoms with E-state index in [1.165, 1.54) is 0 Å². The quantitative estimate of drug-likeness (QED) is 0.231. The van der Waals surface area contributed by atoms with Gasteiger partial charge in [-0.05, 0) is 32.1 Å². The van der Waals surface area contributed by atoms with E-state index < -0.39 is 18.0 Å². The van der Waals surface area contributed by atoms with Gasteiger partial charge in [0.2, 0.25) is 5.91 Å². The van der Waals surface area contributed by atoms with Crippen LogP contribution in [0, 0.1) is 11.8 Å². The Morgan fingerprint density at radius 3 is 2.67 bits per heavy atom. The molecule has 1 aliphatic rings. The average Bonchev–Trinajstić information content (AvgIpc) is 2.45. The van der Waals surface area contributed by atoms with Gasteiger partial charge in [-0.2, -0.15) is 13.2 Å². The third kappa shape index (κ3) is 6.22. The van der Waals surface area contributed by atoms with Crippen molar-refractivity contribution >= 4 is 11.7 Å². The third-order valence-electron chi connectivity index (χ3n) is 3.80. The van der Waals surface area contributed by atoms with Crippen LogP contribution in [-0.2, 0) is 4.79 Å². The number of carbonyl (C=O) groups excluding carboxylic acids is 1. The van der Waals surface area contributed by atoms with E-state index in [1.54, 1.807) is 0 Å². The summed E-state index contributed by atoms with van der Waals surface area (Å²) in [5, 5.41) is 13.8. The minimum absolute atomic E-state index is 0.112. The predicted molar refractivity (Wildman–Crippen MR) is 71.8 cm³/mol. The average molecular weight is 309 g/mol. The molecule has 8 heteroatoms. The molecule has 1 amide bonds. The number of nitrogens with one attached hydrogen (secondary N) is 1. The smallest absolute Gasteiger partial charge is 0.391 e. The molecule has 1 aliphatic carbocycles. The zero-order valence-electron chi connectivity index (χ0n) is 11.8. The summed E-state index contributed by atoms with van der Waals surface area (Å²) < 4.78 is 38.0. The molecule has 0 aromatic heterocycles. The summed E-state index contributed by atoms with van der Waals surface area (Å²) in [6.07, 6.45) is -1.55. The second-order valence-electron chi connectivity index (χ2n) is 5.44. The molecule has 2 atom stereocenters.